The predicted octanol–water partition coefficient (Wildman–Crippen LogP) is 5.10. The van der Waals surface area contributed by atoms with Gasteiger partial charge in [-0.2, -0.15) is 0 Å². The number of likely N-dealkylation sites (N-methyl/N-ethyl adjacent to an activating group) is 1. The molecule has 0 bridgehead atoms. The fourth-order valence-electron chi connectivity index (χ4n) is 4.17. The Labute approximate surface area is 230 Å². The molecule has 0 fully saturated rings. The molecule has 0 aliphatic heterocycles. The van der Waals surface area contributed by atoms with Crippen molar-refractivity contribution in [2.75, 3.05) is 17.4 Å². The Balaban J connectivity index is 2.07. The van der Waals surface area contributed by atoms with Gasteiger partial charge in [-0.05, 0) is 68.7 Å². The van der Waals surface area contributed by atoms with Crippen LogP contribution in [0, 0.1) is 13.8 Å². The van der Waals surface area contributed by atoms with Crippen molar-refractivity contribution in [2.24, 2.45) is 0 Å². The van der Waals surface area contributed by atoms with Gasteiger partial charge in [0.15, 0.2) is 0 Å². The zero-order chi connectivity index (χ0) is 27.9. The van der Waals surface area contributed by atoms with Crippen molar-refractivity contribution in [3.05, 3.63) is 94.5 Å². The van der Waals surface area contributed by atoms with Crippen LogP contribution in [0.4, 0.5) is 5.69 Å². The van der Waals surface area contributed by atoms with Gasteiger partial charge >= 0.3 is 0 Å². The second-order valence-electron chi connectivity index (χ2n) is 9.10. The van der Waals surface area contributed by atoms with Crippen LogP contribution in [0.2, 0.25) is 5.02 Å². The topological polar surface area (TPSA) is 86.8 Å². The van der Waals surface area contributed by atoms with Gasteiger partial charge in [-0.1, -0.05) is 66.6 Å². The number of hydrogen-bond donors (Lipinski definition) is 1. The molecule has 7 nitrogen and oxygen atoms in total. The number of halogens is 1. The van der Waals surface area contributed by atoms with E-state index in [1.807, 2.05) is 26.8 Å². The Morgan fingerprint density at radius 1 is 0.921 bits per heavy atom. The molecule has 3 aromatic rings. The SMILES string of the molecule is CCNC(=O)[C@H](CC)N(Cc1ccccc1Cl)C(=O)CN(c1cccc(C)c1)S(=O)(=O)c1ccc(C)cc1. The average Bonchev–Trinajstić information content (AvgIpc) is 2.88. The lowest BCUT2D eigenvalue weighted by molar-refractivity contribution is -0.140. The molecule has 0 saturated carbocycles. The number of carbonyl (C=O) groups excluding carboxylic acids is 2. The van der Waals surface area contributed by atoms with Crippen LogP contribution in [-0.4, -0.2) is 44.3 Å². The number of anilines is 1. The molecular formula is C29H34ClN3O4S. The van der Waals surface area contributed by atoms with Crippen molar-refractivity contribution in [1.29, 1.82) is 0 Å². The summed E-state index contributed by atoms with van der Waals surface area (Å²) >= 11 is 6.40. The molecule has 38 heavy (non-hydrogen) atoms. The Bertz CT molecular complexity index is 1380. The normalized spacial score (nSPS) is 12.0. The summed E-state index contributed by atoms with van der Waals surface area (Å²) in [6, 6.07) is 19.8. The van der Waals surface area contributed by atoms with Crippen LogP contribution in [0.1, 0.15) is 37.0 Å². The van der Waals surface area contributed by atoms with Gasteiger partial charge in [0.25, 0.3) is 10.0 Å². The number of hydrogen-bond acceptors (Lipinski definition) is 4. The summed E-state index contributed by atoms with van der Waals surface area (Å²) in [7, 11) is -4.10. The number of sulfonamides is 1. The number of nitrogens with one attached hydrogen (secondary N) is 1. The van der Waals surface area contributed by atoms with Crippen molar-refractivity contribution in [3.8, 4) is 0 Å². The molecule has 1 atom stereocenters. The molecule has 2 amide bonds. The maximum atomic E-state index is 14.0. The number of nitrogens with zero attached hydrogens (tertiary/aromatic N) is 2. The van der Waals surface area contributed by atoms with Gasteiger partial charge in [-0.15, -0.1) is 0 Å². The highest BCUT2D eigenvalue weighted by molar-refractivity contribution is 7.92. The molecule has 0 saturated heterocycles. The third kappa shape index (κ3) is 6.94. The highest BCUT2D eigenvalue weighted by Gasteiger charge is 2.33. The van der Waals surface area contributed by atoms with Crippen LogP contribution in [0.5, 0.6) is 0 Å². The van der Waals surface area contributed by atoms with E-state index < -0.39 is 28.5 Å². The molecule has 0 aliphatic carbocycles. The van der Waals surface area contributed by atoms with E-state index in [2.05, 4.69) is 5.32 Å². The van der Waals surface area contributed by atoms with Gasteiger partial charge < -0.3 is 10.2 Å². The zero-order valence-electron chi connectivity index (χ0n) is 22.1. The average molecular weight is 556 g/mol. The largest absolute Gasteiger partial charge is 0.355 e. The van der Waals surface area contributed by atoms with Gasteiger partial charge in [0.05, 0.1) is 10.6 Å². The molecule has 0 spiro atoms. The van der Waals surface area contributed by atoms with E-state index in [1.165, 1.54) is 17.0 Å². The number of benzene rings is 3. The van der Waals surface area contributed by atoms with Gasteiger partial charge in [-0.3, -0.25) is 13.9 Å². The third-order valence-corrected chi connectivity index (χ3v) is 8.37. The first kappa shape index (κ1) is 29.2. The Kier molecular flexibility index (Phi) is 9.94. The third-order valence-electron chi connectivity index (χ3n) is 6.21. The quantitative estimate of drug-likeness (QED) is 0.357. The summed E-state index contributed by atoms with van der Waals surface area (Å²) in [6.07, 6.45) is 0.344. The van der Waals surface area contributed by atoms with Crippen molar-refractivity contribution >= 4 is 39.1 Å². The molecule has 1 N–H and O–H groups in total. The Morgan fingerprint density at radius 2 is 1.61 bits per heavy atom. The molecule has 0 unspecified atom stereocenters. The summed E-state index contributed by atoms with van der Waals surface area (Å²) in [5, 5.41) is 3.25. The second kappa shape index (κ2) is 12.9. The molecule has 0 aromatic heterocycles. The Morgan fingerprint density at radius 3 is 2.21 bits per heavy atom. The number of amides is 2. The van der Waals surface area contributed by atoms with E-state index >= 15 is 0 Å². The maximum absolute atomic E-state index is 14.0. The molecule has 202 valence electrons. The van der Waals surface area contributed by atoms with Gasteiger partial charge in [0, 0.05) is 18.1 Å². The summed E-state index contributed by atoms with van der Waals surface area (Å²) < 4.78 is 28.8. The lowest BCUT2D eigenvalue weighted by Gasteiger charge is -2.33. The summed E-state index contributed by atoms with van der Waals surface area (Å²) in [6.45, 7) is 7.32. The van der Waals surface area contributed by atoms with Gasteiger partial charge in [0.2, 0.25) is 11.8 Å². The van der Waals surface area contributed by atoms with E-state index in [9.17, 15) is 18.0 Å². The molecule has 3 rings (SSSR count). The molecule has 9 heteroatoms. The minimum absolute atomic E-state index is 0.0559. The second-order valence-corrected chi connectivity index (χ2v) is 11.4. The zero-order valence-corrected chi connectivity index (χ0v) is 23.7. The van der Waals surface area contributed by atoms with E-state index in [1.54, 1.807) is 61.5 Å². The minimum Gasteiger partial charge on any atom is -0.355 e. The Hall–Kier alpha value is -3.36. The fourth-order valence-corrected chi connectivity index (χ4v) is 5.77. The van der Waals surface area contributed by atoms with Crippen molar-refractivity contribution < 1.29 is 18.0 Å². The van der Waals surface area contributed by atoms with Crippen molar-refractivity contribution in [2.45, 2.75) is 51.6 Å². The number of rotatable bonds is 11. The minimum atomic E-state index is -4.10. The van der Waals surface area contributed by atoms with E-state index in [4.69, 9.17) is 11.6 Å². The van der Waals surface area contributed by atoms with E-state index in [-0.39, 0.29) is 17.3 Å². The standard InChI is InChI=1S/C29H34ClN3O4S/c1-5-27(29(35)31-6-2)32(19-23-11-7-8-13-26(23)30)28(34)20-33(24-12-9-10-22(4)18-24)38(36,37)25-16-14-21(3)15-17-25/h7-18,27H,5-6,19-20H2,1-4H3,(H,31,35)/t27-/m0/s1. The summed E-state index contributed by atoms with van der Waals surface area (Å²) in [5.74, 6) is -0.820. The van der Waals surface area contributed by atoms with Crippen LogP contribution < -0.4 is 9.62 Å². The molecule has 0 aliphatic rings. The van der Waals surface area contributed by atoms with Crippen LogP contribution in [-0.2, 0) is 26.2 Å². The highest BCUT2D eigenvalue weighted by Crippen LogP contribution is 2.26. The number of aryl methyl sites for hydroxylation is 2. The van der Waals surface area contributed by atoms with E-state index in [0.29, 0.717) is 29.2 Å². The lowest BCUT2D eigenvalue weighted by Crippen LogP contribution is -2.52. The number of carbonyl (C=O) groups is 2. The first-order chi connectivity index (χ1) is 18.1. The monoisotopic (exact) mass is 555 g/mol. The van der Waals surface area contributed by atoms with Crippen LogP contribution in [0.15, 0.2) is 77.7 Å². The van der Waals surface area contributed by atoms with Crippen molar-refractivity contribution in [3.63, 3.8) is 0 Å². The first-order valence-corrected chi connectivity index (χ1v) is 14.4. The maximum Gasteiger partial charge on any atom is 0.264 e. The fraction of sp³-hybridized carbons (Fsp3) is 0.310. The highest BCUT2D eigenvalue weighted by atomic mass is 35.5. The molecule has 0 radical (unpaired) electrons. The van der Waals surface area contributed by atoms with Gasteiger partial charge in [-0.25, -0.2) is 8.42 Å². The summed E-state index contributed by atoms with van der Waals surface area (Å²) in [4.78, 5) is 28.4. The van der Waals surface area contributed by atoms with Crippen LogP contribution >= 0.6 is 11.6 Å². The van der Waals surface area contributed by atoms with Gasteiger partial charge in [0.1, 0.15) is 12.6 Å². The van der Waals surface area contributed by atoms with Crippen LogP contribution in [0.25, 0.3) is 0 Å². The lowest BCUT2D eigenvalue weighted by atomic mass is 10.1. The smallest absolute Gasteiger partial charge is 0.264 e. The van der Waals surface area contributed by atoms with E-state index in [0.717, 1.165) is 15.4 Å². The van der Waals surface area contributed by atoms with Crippen molar-refractivity contribution in [1.82, 2.24) is 10.2 Å². The molecule has 3 aromatic carbocycles. The molecular weight excluding hydrogens is 522 g/mol. The van der Waals surface area contributed by atoms with Crippen LogP contribution in [0.3, 0.4) is 0 Å². The summed E-state index contributed by atoms with van der Waals surface area (Å²) in [5.41, 5.74) is 2.79. The first-order valence-electron chi connectivity index (χ1n) is 12.5. The molecule has 0 heterocycles. The predicted molar refractivity (Wildman–Crippen MR) is 152 cm³/mol.